The second kappa shape index (κ2) is 7.66. The van der Waals surface area contributed by atoms with E-state index in [1.165, 1.54) is 23.5 Å². The van der Waals surface area contributed by atoms with Crippen molar-refractivity contribution in [3.63, 3.8) is 0 Å². The minimum atomic E-state index is -3.47. The zero-order valence-electron chi connectivity index (χ0n) is 16.7. The maximum absolute atomic E-state index is 12.9. The third-order valence-electron chi connectivity index (χ3n) is 4.58. The Labute approximate surface area is 178 Å². The van der Waals surface area contributed by atoms with Crippen LogP contribution < -0.4 is 5.32 Å². The third kappa shape index (κ3) is 3.73. The number of rotatable bonds is 5. The molecule has 0 unspecified atom stereocenters. The fourth-order valence-electron chi connectivity index (χ4n) is 2.96. The van der Waals surface area contributed by atoms with Gasteiger partial charge >= 0.3 is 0 Å². The minimum Gasteiger partial charge on any atom is -0.306 e. The van der Waals surface area contributed by atoms with Gasteiger partial charge < -0.3 is 5.32 Å². The monoisotopic (exact) mass is 440 g/mol. The van der Waals surface area contributed by atoms with E-state index in [-0.39, 0.29) is 10.5 Å². The SMILES string of the molecule is Cc1cc(NC(=O)c2cccc(S(=O)(=O)C(C)C)c2)n(-c2nc3ccccc3s2)n1. The van der Waals surface area contributed by atoms with Crippen molar-refractivity contribution in [3.05, 3.63) is 65.9 Å². The number of thiazole rings is 1. The molecule has 0 saturated carbocycles. The molecule has 0 aliphatic rings. The van der Waals surface area contributed by atoms with E-state index in [1.807, 2.05) is 31.2 Å². The highest BCUT2D eigenvalue weighted by molar-refractivity contribution is 7.92. The Hall–Kier alpha value is -3.04. The van der Waals surface area contributed by atoms with Crippen molar-refractivity contribution in [1.82, 2.24) is 14.8 Å². The van der Waals surface area contributed by atoms with Gasteiger partial charge in [0.1, 0.15) is 5.82 Å². The highest BCUT2D eigenvalue weighted by Gasteiger charge is 2.21. The molecule has 2 aromatic heterocycles. The Balaban J connectivity index is 1.67. The number of aromatic nitrogens is 3. The van der Waals surface area contributed by atoms with Gasteiger partial charge in [-0.1, -0.05) is 29.5 Å². The number of para-hydroxylation sites is 1. The number of hydrogen-bond donors (Lipinski definition) is 1. The molecule has 7 nitrogen and oxygen atoms in total. The molecule has 0 atom stereocenters. The summed E-state index contributed by atoms with van der Waals surface area (Å²) >= 11 is 1.47. The van der Waals surface area contributed by atoms with Crippen LogP contribution in [-0.4, -0.2) is 34.3 Å². The number of hydrogen-bond acceptors (Lipinski definition) is 6. The molecule has 154 valence electrons. The average molecular weight is 441 g/mol. The van der Waals surface area contributed by atoms with Crippen LogP contribution in [-0.2, 0) is 9.84 Å². The van der Waals surface area contributed by atoms with Crippen LogP contribution in [0.4, 0.5) is 5.82 Å². The molecule has 1 amide bonds. The Morgan fingerprint density at radius 3 is 2.60 bits per heavy atom. The molecule has 0 bridgehead atoms. The maximum Gasteiger partial charge on any atom is 0.256 e. The molecule has 1 N–H and O–H groups in total. The lowest BCUT2D eigenvalue weighted by Gasteiger charge is -2.10. The van der Waals surface area contributed by atoms with Gasteiger partial charge in [0.25, 0.3) is 5.91 Å². The lowest BCUT2D eigenvalue weighted by atomic mass is 10.2. The first-order valence-corrected chi connectivity index (χ1v) is 11.7. The van der Waals surface area contributed by atoms with E-state index in [1.54, 1.807) is 36.7 Å². The van der Waals surface area contributed by atoms with Crippen LogP contribution in [0.15, 0.2) is 59.5 Å². The van der Waals surface area contributed by atoms with Crippen molar-refractivity contribution in [1.29, 1.82) is 0 Å². The van der Waals surface area contributed by atoms with E-state index in [0.717, 1.165) is 15.9 Å². The summed E-state index contributed by atoms with van der Waals surface area (Å²) in [6, 6.07) is 15.6. The Kier molecular flexibility index (Phi) is 5.17. The molecule has 0 aliphatic heterocycles. The van der Waals surface area contributed by atoms with Crippen LogP contribution in [0, 0.1) is 6.92 Å². The molecule has 0 saturated heterocycles. The van der Waals surface area contributed by atoms with E-state index in [9.17, 15) is 13.2 Å². The molecular weight excluding hydrogens is 420 g/mol. The van der Waals surface area contributed by atoms with Crippen molar-refractivity contribution >= 4 is 43.1 Å². The summed E-state index contributed by atoms with van der Waals surface area (Å²) in [5.74, 6) is 0.0479. The topological polar surface area (TPSA) is 94.0 Å². The fraction of sp³-hybridized carbons (Fsp3) is 0.190. The van der Waals surface area contributed by atoms with Gasteiger partial charge in [0, 0.05) is 11.6 Å². The molecule has 2 aromatic carbocycles. The summed E-state index contributed by atoms with van der Waals surface area (Å²) in [6.07, 6.45) is 0. The van der Waals surface area contributed by atoms with Gasteiger partial charge in [-0.05, 0) is 51.1 Å². The number of carbonyl (C=O) groups is 1. The first-order valence-electron chi connectivity index (χ1n) is 9.33. The summed E-state index contributed by atoms with van der Waals surface area (Å²) in [5.41, 5.74) is 1.83. The van der Waals surface area contributed by atoms with Gasteiger partial charge in [0.2, 0.25) is 5.13 Å². The molecule has 4 rings (SSSR count). The zero-order valence-corrected chi connectivity index (χ0v) is 18.3. The smallest absolute Gasteiger partial charge is 0.256 e. The maximum atomic E-state index is 12.9. The molecule has 0 spiro atoms. The van der Waals surface area contributed by atoms with Crippen LogP contribution >= 0.6 is 11.3 Å². The van der Waals surface area contributed by atoms with Crippen molar-refractivity contribution in [2.24, 2.45) is 0 Å². The second-order valence-electron chi connectivity index (χ2n) is 7.12. The first-order chi connectivity index (χ1) is 14.3. The van der Waals surface area contributed by atoms with Gasteiger partial charge in [0.05, 0.1) is 26.1 Å². The average Bonchev–Trinajstić information content (AvgIpc) is 3.30. The predicted molar refractivity (Wildman–Crippen MR) is 118 cm³/mol. The normalized spacial score (nSPS) is 11.9. The number of carbonyl (C=O) groups excluding carboxylic acids is 1. The van der Waals surface area contributed by atoms with Crippen LogP contribution in [0.2, 0.25) is 0 Å². The first kappa shape index (κ1) is 20.2. The highest BCUT2D eigenvalue weighted by Crippen LogP contribution is 2.27. The summed E-state index contributed by atoms with van der Waals surface area (Å²) < 4.78 is 27.5. The van der Waals surface area contributed by atoms with Crippen molar-refractivity contribution < 1.29 is 13.2 Å². The van der Waals surface area contributed by atoms with Crippen LogP contribution in [0.5, 0.6) is 0 Å². The number of benzene rings is 2. The van der Waals surface area contributed by atoms with Crippen LogP contribution in [0.1, 0.15) is 29.9 Å². The number of anilines is 1. The summed E-state index contributed by atoms with van der Waals surface area (Å²) in [4.78, 5) is 17.6. The number of nitrogens with zero attached hydrogens (tertiary/aromatic N) is 3. The Morgan fingerprint density at radius 1 is 1.10 bits per heavy atom. The molecular formula is C21H20N4O3S2. The number of aryl methyl sites for hydroxylation is 1. The third-order valence-corrected chi connectivity index (χ3v) is 7.75. The van der Waals surface area contributed by atoms with E-state index in [2.05, 4.69) is 15.4 Å². The van der Waals surface area contributed by atoms with E-state index < -0.39 is 21.0 Å². The predicted octanol–water partition coefficient (Wildman–Crippen LogP) is 4.22. The summed E-state index contributed by atoms with van der Waals surface area (Å²) in [6.45, 7) is 5.05. The van der Waals surface area contributed by atoms with Crippen LogP contribution in [0.3, 0.4) is 0 Å². The van der Waals surface area contributed by atoms with E-state index >= 15 is 0 Å². The highest BCUT2D eigenvalue weighted by atomic mass is 32.2. The molecule has 4 aromatic rings. The van der Waals surface area contributed by atoms with Gasteiger partial charge in [0.15, 0.2) is 9.84 Å². The molecule has 2 heterocycles. The lowest BCUT2D eigenvalue weighted by Crippen LogP contribution is -2.17. The number of nitrogens with one attached hydrogen (secondary N) is 1. The molecule has 9 heteroatoms. The zero-order chi connectivity index (χ0) is 21.5. The standard InChI is InChI=1S/C21H20N4O3S2/c1-13(2)30(27,28)16-8-6-7-15(12-16)20(26)23-19-11-14(3)24-25(19)21-22-17-9-4-5-10-18(17)29-21/h4-13H,1-3H3,(H,23,26). The number of fused-ring (bicyclic) bond motifs is 1. The molecule has 0 aliphatic carbocycles. The summed E-state index contributed by atoms with van der Waals surface area (Å²) in [5, 5.41) is 7.35. The number of amides is 1. The molecule has 30 heavy (non-hydrogen) atoms. The molecule has 0 radical (unpaired) electrons. The van der Waals surface area contributed by atoms with Crippen molar-refractivity contribution in [2.75, 3.05) is 5.32 Å². The summed E-state index contributed by atoms with van der Waals surface area (Å²) in [7, 11) is -3.47. The Bertz CT molecular complexity index is 1320. The lowest BCUT2D eigenvalue weighted by molar-refractivity contribution is 0.102. The van der Waals surface area contributed by atoms with Gasteiger partial charge in [-0.2, -0.15) is 9.78 Å². The molecule has 0 fully saturated rings. The fourth-order valence-corrected chi connectivity index (χ4v) is 4.99. The van der Waals surface area contributed by atoms with E-state index in [0.29, 0.717) is 10.9 Å². The quantitative estimate of drug-likeness (QED) is 0.501. The number of sulfone groups is 1. The van der Waals surface area contributed by atoms with Crippen LogP contribution in [0.25, 0.3) is 15.3 Å². The largest absolute Gasteiger partial charge is 0.306 e. The Morgan fingerprint density at radius 2 is 1.87 bits per heavy atom. The van der Waals surface area contributed by atoms with Crippen molar-refractivity contribution in [3.8, 4) is 5.13 Å². The van der Waals surface area contributed by atoms with Gasteiger partial charge in [-0.25, -0.2) is 13.4 Å². The van der Waals surface area contributed by atoms with E-state index in [4.69, 9.17) is 0 Å². The second-order valence-corrected chi connectivity index (χ2v) is 10.6. The van der Waals surface area contributed by atoms with Gasteiger partial charge in [-0.3, -0.25) is 4.79 Å². The van der Waals surface area contributed by atoms with Crippen molar-refractivity contribution in [2.45, 2.75) is 30.9 Å². The minimum absolute atomic E-state index is 0.126. The van der Waals surface area contributed by atoms with Gasteiger partial charge in [-0.15, -0.1) is 0 Å².